The van der Waals surface area contributed by atoms with Crippen molar-refractivity contribution in [3.63, 3.8) is 0 Å². The Morgan fingerprint density at radius 1 is 1.06 bits per heavy atom. The number of anilines is 2. The molecule has 2 fully saturated rings. The van der Waals surface area contributed by atoms with E-state index in [-0.39, 0.29) is 5.41 Å². The summed E-state index contributed by atoms with van der Waals surface area (Å²) >= 11 is 0. The Hall–Kier alpha value is -2.29. The van der Waals surface area contributed by atoms with Crippen molar-refractivity contribution in [1.29, 1.82) is 0 Å². The van der Waals surface area contributed by atoms with E-state index in [9.17, 15) is 0 Å². The second-order valence-corrected chi connectivity index (χ2v) is 10.2. The van der Waals surface area contributed by atoms with E-state index >= 15 is 0 Å². The molecule has 2 aromatic rings. The van der Waals surface area contributed by atoms with Gasteiger partial charge in [-0.2, -0.15) is 0 Å². The van der Waals surface area contributed by atoms with E-state index in [0.717, 1.165) is 87.8 Å². The topological polar surface area (TPSA) is 93.2 Å². The van der Waals surface area contributed by atoms with E-state index in [1.807, 2.05) is 18.3 Å². The van der Waals surface area contributed by atoms with Gasteiger partial charge >= 0.3 is 0 Å². The maximum atomic E-state index is 5.52. The zero-order valence-corrected chi connectivity index (χ0v) is 20.8. The van der Waals surface area contributed by atoms with Crippen LogP contribution in [0.5, 0.6) is 0 Å². The quantitative estimate of drug-likeness (QED) is 0.480. The zero-order valence-electron chi connectivity index (χ0n) is 20.8. The average Bonchev–Trinajstić information content (AvgIpc) is 2.85. The molecular weight excluding hydrogens is 428 g/mol. The van der Waals surface area contributed by atoms with Gasteiger partial charge < -0.3 is 25.4 Å². The molecular formula is C26H40N6O2. The van der Waals surface area contributed by atoms with Gasteiger partial charge in [0.15, 0.2) is 0 Å². The number of ether oxygens (including phenoxy) is 2. The van der Waals surface area contributed by atoms with Crippen LogP contribution in [0.2, 0.25) is 0 Å². The first-order valence-electron chi connectivity index (χ1n) is 12.6. The molecule has 0 unspecified atom stereocenters. The summed E-state index contributed by atoms with van der Waals surface area (Å²) in [5.74, 6) is 0.865. The Morgan fingerprint density at radius 3 is 2.56 bits per heavy atom. The molecule has 1 saturated heterocycles. The highest BCUT2D eigenvalue weighted by Crippen LogP contribution is 2.30. The van der Waals surface area contributed by atoms with Gasteiger partial charge in [-0.25, -0.2) is 9.97 Å². The minimum Gasteiger partial charge on any atom is -0.384 e. The highest BCUT2D eigenvalue weighted by atomic mass is 16.5. The number of nitrogens with zero attached hydrogens (tertiary/aromatic N) is 3. The lowest BCUT2D eigenvalue weighted by molar-refractivity contribution is 0.0300. The average molecular weight is 469 g/mol. The van der Waals surface area contributed by atoms with E-state index in [0.29, 0.717) is 18.1 Å². The van der Waals surface area contributed by atoms with Crippen LogP contribution in [0.4, 0.5) is 11.5 Å². The number of hydrogen-bond donors (Lipinski definition) is 3. The zero-order chi connectivity index (χ0) is 23.8. The van der Waals surface area contributed by atoms with Crippen molar-refractivity contribution in [2.45, 2.75) is 70.5 Å². The molecule has 4 rings (SSSR count). The summed E-state index contributed by atoms with van der Waals surface area (Å²) in [5.41, 5.74) is 3.03. The van der Waals surface area contributed by atoms with Gasteiger partial charge in [0, 0.05) is 62.9 Å². The summed E-state index contributed by atoms with van der Waals surface area (Å²) in [4.78, 5) is 13.5. The van der Waals surface area contributed by atoms with Crippen LogP contribution in [0.3, 0.4) is 0 Å². The third kappa shape index (κ3) is 7.10. The van der Waals surface area contributed by atoms with Crippen molar-refractivity contribution in [2.24, 2.45) is 5.41 Å². The first kappa shape index (κ1) is 24.8. The Morgan fingerprint density at radius 2 is 1.79 bits per heavy atom. The summed E-state index contributed by atoms with van der Waals surface area (Å²) in [5, 5.41) is 10.9. The van der Waals surface area contributed by atoms with Crippen molar-refractivity contribution in [1.82, 2.24) is 20.3 Å². The second kappa shape index (κ2) is 11.9. The van der Waals surface area contributed by atoms with E-state index in [1.165, 1.54) is 0 Å². The van der Waals surface area contributed by atoms with Crippen molar-refractivity contribution in [3.8, 4) is 11.4 Å². The second-order valence-electron chi connectivity index (χ2n) is 10.2. The molecule has 3 heterocycles. The molecule has 1 aliphatic carbocycles. The highest BCUT2D eigenvalue weighted by Gasteiger charge is 2.27. The Bertz CT molecular complexity index is 896. The fraction of sp³-hybridized carbons (Fsp3) is 0.654. The van der Waals surface area contributed by atoms with Crippen molar-refractivity contribution >= 4 is 11.5 Å². The summed E-state index contributed by atoms with van der Waals surface area (Å²) < 4.78 is 10.8. The number of pyridine rings is 1. The lowest BCUT2D eigenvalue weighted by Gasteiger charge is -2.33. The molecule has 0 aromatic carbocycles. The molecule has 8 nitrogen and oxygen atoms in total. The number of nitrogens with one attached hydrogen (secondary N) is 3. The summed E-state index contributed by atoms with van der Waals surface area (Å²) in [6, 6.07) is 7.49. The van der Waals surface area contributed by atoms with Gasteiger partial charge in [-0.1, -0.05) is 6.92 Å². The molecule has 0 amide bonds. The molecule has 1 aliphatic heterocycles. The smallest absolute Gasteiger partial charge is 0.130 e. The normalized spacial score (nSPS) is 23.3. The van der Waals surface area contributed by atoms with Crippen LogP contribution < -0.4 is 16.0 Å². The van der Waals surface area contributed by atoms with E-state index in [4.69, 9.17) is 9.47 Å². The maximum absolute atomic E-state index is 5.52. The molecule has 1 saturated carbocycles. The third-order valence-electron chi connectivity index (χ3n) is 7.12. The fourth-order valence-electron chi connectivity index (χ4n) is 4.93. The minimum absolute atomic E-state index is 0.268. The van der Waals surface area contributed by atoms with Crippen LogP contribution in [0.15, 0.2) is 30.7 Å². The lowest BCUT2D eigenvalue weighted by Crippen LogP contribution is -2.42. The van der Waals surface area contributed by atoms with Crippen LogP contribution in [0, 0.1) is 5.41 Å². The van der Waals surface area contributed by atoms with Crippen molar-refractivity contribution in [2.75, 3.05) is 44.1 Å². The predicted octanol–water partition coefficient (Wildman–Crippen LogP) is 4.11. The molecule has 0 spiro atoms. The molecule has 0 radical (unpaired) electrons. The molecule has 1 atom stereocenters. The standard InChI is InChI=1S/C26H40N6O2/c1-19(16-33-3)31-20-4-6-21(7-5-20)32-25-15-24(29-18-30-25)23-14-22(8-11-27-23)28-17-26(2)9-12-34-13-10-26/h8,11,14-15,18-21,31H,4-7,9-10,12-13,16-17H2,1-3H3,(H,27,28)(H,29,30,32)/t19-,20?,21?/m0/s1. The Kier molecular flexibility index (Phi) is 8.69. The number of aromatic nitrogens is 3. The summed E-state index contributed by atoms with van der Waals surface area (Å²) in [7, 11) is 1.75. The van der Waals surface area contributed by atoms with Gasteiger partial charge in [-0.15, -0.1) is 0 Å². The van der Waals surface area contributed by atoms with Gasteiger partial charge in [0.25, 0.3) is 0 Å². The number of rotatable bonds is 10. The largest absolute Gasteiger partial charge is 0.384 e. The maximum Gasteiger partial charge on any atom is 0.130 e. The van der Waals surface area contributed by atoms with Crippen LogP contribution >= 0.6 is 0 Å². The minimum atomic E-state index is 0.268. The fourth-order valence-corrected chi connectivity index (χ4v) is 4.93. The summed E-state index contributed by atoms with van der Waals surface area (Å²) in [6.45, 7) is 7.89. The van der Waals surface area contributed by atoms with Gasteiger partial charge in [-0.05, 0) is 63.0 Å². The number of methoxy groups -OCH3 is 1. The van der Waals surface area contributed by atoms with E-state index in [2.05, 4.69) is 50.8 Å². The lowest BCUT2D eigenvalue weighted by atomic mass is 9.82. The molecule has 186 valence electrons. The summed E-state index contributed by atoms with van der Waals surface area (Å²) in [6.07, 6.45) is 10.2. The first-order chi connectivity index (χ1) is 16.5. The highest BCUT2D eigenvalue weighted by molar-refractivity contribution is 5.63. The SMILES string of the molecule is COC[C@H](C)NC1CCC(Nc2cc(-c3cc(NCC4(C)CCOCC4)ccn3)ncn2)CC1. The Labute approximate surface area is 203 Å². The number of hydrogen-bond acceptors (Lipinski definition) is 8. The molecule has 8 heteroatoms. The monoisotopic (exact) mass is 468 g/mol. The third-order valence-corrected chi connectivity index (χ3v) is 7.12. The molecule has 34 heavy (non-hydrogen) atoms. The van der Waals surface area contributed by atoms with Crippen LogP contribution in [0.1, 0.15) is 52.4 Å². The predicted molar refractivity (Wildman–Crippen MR) is 136 cm³/mol. The first-order valence-corrected chi connectivity index (χ1v) is 12.6. The van der Waals surface area contributed by atoms with Crippen molar-refractivity contribution in [3.05, 3.63) is 30.7 Å². The molecule has 3 N–H and O–H groups in total. The van der Waals surface area contributed by atoms with Gasteiger partial charge in [-0.3, -0.25) is 4.98 Å². The van der Waals surface area contributed by atoms with Gasteiger partial charge in [0.2, 0.25) is 0 Å². The van der Waals surface area contributed by atoms with Gasteiger partial charge in [0.1, 0.15) is 12.1 Å². The molecule has 2 aliphatic rings. The van der Waals surface area contributed by atoms with Crippen molar-refractivity contribution < 1.29 is 9.47 Å². The van der Waals surface area contributed by atoms with E-state index in [1.54, 1.807) is 13.4 Å². The van der Waals surface area contributed by atoms with Crippen LogP contribution in [0.25, 0.3) is 11.4 Å². The molecule has 2 aromatic heterocycles. The van der Waals surface area contributed by atoms with Crippen LogP contribution in [-0.4, -0.2) is 66.6 Å². The van der Waals surface area contributed by atoms with Crippen LogP contribution in [-0.2, 0) is 9.47 Å². The molecule has 0 bridgehead atoms. The van der Waals surface area contributed by atoms with Gasteiger partial charge in [0.05, 0.1) is 18.0 Å². The Balaban J connectivity index is 1.31. The van der Waals surface area contributed by atoms with E-state index < -0.39 is 0 Å².